The number of thiophene rings is 1. The number of carbonyl (C=O) groups excluding carboxylic acids is 1. The summed E-state index contributed by atoms with van der Waals surface area (Å²) in [5.41, 5.74) is 9.86. The first kappa shape index (κ1) is 19.1. The number of hydrogen-bond acceptors (Lipinski definition) is 6. The molecule has 0 aliphatic heterocycles. The molecular formula is C20H21ClN4O2S. The fraction of sp³-hybridized carbons (Fsp3) is 0.350. The molecule has 2 aliphatic carbocycles. The van der Waals surface area contributed by atoms with Crippen molar-refractivity contribution in [2.24, 2.45) is 5.73 Å². The molecule has 2 aliphatic rings. The summed E-state index contributed by atoms with van der Waals surface area (Å²) < 4.78 is 5.43. The third-order valence-electron chi connectivity index (χ3n) is 5.60. The zero-order chi connectivity index (χ0) is 18.4. The summed E-state index contributed by atoms with van der Waals surface area (Å²) in [6, 6.07) is 7.84. The van der Waals surface area contributed by atoms with Crippen molar-refractivity contribution in [1.29, 1.82) is 0 Å². The van der Waals surface area contributed by atoms with Gasteiger partial charge >= 0.3 is 0 Å². The van der Waals surface area contributed by atoms with Crippen molar-refractivity contribution in [3.63, 3.8) is 0 Å². The third kappa shape index (κ3) is 3.23. The minimum Gasteiger partial charge on any atom is -0.334 e. The number of rotatable bonds is 4. The lowest BCUT2D eigenvalue weighted by atomic mass is 9.77. The van der Waals surface area contributed by atoms with Gasteiger partial charge in [-0.3, -0.25) is 4.79 Å². The second-order valence-electron chi connectivity index (χ2n) is 7.39. The molecule has 1 fully saturated rings. The zero-order valence-electron chi connectivity index (χ0n) is 15.2. The van der Waals surface area contributed by atoms with Gasteiger partial charge in [0, 0.05) is 5.56 Å². The summed E-state index contributed by atoms with van der Waals surface area (Å²) >= 11 is 1.44. The highest BCUT2D eigenvalue weighted by atomic mass is 35.5. The van der Waals surface area contributed by atoms with Crippen LogP contribution in [0, 0.1) is 0 Å². The smallest absolute Gasteiger partial charge is 0.260 e. The summed E-state index contributed by atoms with van der Waals surface area (Å²) in [6.45, 7) is 0. The van der Waals surface area contributed by atoms with Gasteiger partial charge in [0.25, 0.3) is 11.8 Å². The molecule has 0 bridgehead atoms. The van der Waals surface area contributed by atoms with E-state index in [9.17, 15) is 4.79 Å². The molecule has 1 aromatic carbocycles. The van der Waals surface area contributed by atoms with Gasteiger partial charge < -0.3 is 15.6 Å². The van der Waals surface area contributed by atoms with Crippen LogP contribution in [0.2, 0.25) is 0 Å². The molecule has 1 saturated carbocycles. The van der Waals surface area contributed by atoms with Crippen LogP contribution in [0.5, 0.6) is 0 Å². The molecule has 28 heavy (non-hydrogen) atoms. The van der Waals surface area contributed by atoms with Crippen molar-refractivity contribution in [3.8, 4) is 11.5 Å². The number of amides is 1. The maximum Gasteiger partial charge on any atom is 0.260 e. The average Bonchev–Trinajstić information content (AvgIpc) is 3.38. The van der Waals surface area contributed by atoms with Gasteiger partial charge in [-0.05, 0) is 73.2 Å². The van der Waals surface area contributed by atoms with E-state index >= 15 is 0 Å². The lowest BCUT2D eigenvalue weighted by molar-refractivity contribution is 0.102. The predicted octanol–water partition coefficient (Wildman–Crippen LogP) is 4.30. The minimum atomic E-state index is -0.467. The van der Waals surface area contributed by atoms with E-state index in [-0.39, 0.29) is 18.3 Å². The van der Waals surface area contributed by atoms with Crippen molar-refractivity contribution in [1.82, 2.24) is 10.1 Å². The Morgan fingerprint density at radius 2 is 2.00 bits per heavy atom. The lowest BCUT2D eigenvalue weighted by Gasteiger charge is -2.34. The number of halogens is 1. The monoisotopic (exact) mass is 416 g/mol. The van der Waals surface area contributed by atoms with Gasteiger partial charge in [0.05, 0.1) is 11.1 Å². The van der Waals surface area contributed by atoms with Gasteiger partial charge in [-0.15, -0.1) is 23.7 Å². The van der Waals surface area contributed by atoms with E-state index in [1.54, 1.807) is 0 Å². The number of benzene rings is 1. The van der Waals surface area contributed by atoms with Crippen LogP contribution in [-0.2, 0) is 18.4 Å². The molecule has 3 N–H and O–H groups in total. The van der Waals surface area contributed by atoms with Crippen LogP contribution in [0.15, 0.2) is 34.2 Å². The molecule has 0 spiro atoms. The topological polar surface area (TPSA) is 94.0 Å². The normalized spacial score (nSPS) is 16.8. The van der Waals surface area contributed by atoms with Crippen molar-refractivity contribution in [3.05, 3.63) is 52.2 Å². The van der Waals surface area contributed by atoms with Crippen LogP contribution in [-0.4, -0.2) is 16.0 Å². The molecule has 2 heterocycles. The van der Waals surface area contributed by atoms with E-state index in [0.717, 1.165) is 44.1 Å². The van der Waals surface area contributed by atoms with E-state index in [1.807, 2.05) is 23.6 Å². The molecule has 0 radical (unpaired) electrons. The highest BCUT2D eigenvalue weighted by molar-refractivity contribution is 7.15. The molecule has 6 nitrogen and oxygen atoms in total. The van der Waals surface area contributed by atoms with Gasteiger partial charge in [-0.25, -0.2) is 0 Å². The van der Waals surface area contributed by atoms with Crippen LogP contribution >= 0.6 is 23.7 Å². The summed E-state index contributed by atoms with van der Waals surface area (Å²) in [5.74, 6) is 0.820. The van der Waals surface area contributed by atoms with Gasteiger partial charge in [-0.2, -0.15) is 4.98 Å². The number of nitrogens with zero attached hydrogens (tertiary/aromatic N) is 2. The van der Waals surface area contributed by atoms with E-state index in [2.05, 4.69) is 21.5 Å². The van der Waals surface area contributed by atoms with Gasteiger partial charge in [0.1, 0.15) is 5.00 Å². The van der Waals surface area contributed by atoms with Crippen molar-refractivity contribution < 1.29 is 9.32 Å². The van der Waals surface area contributed by atoms with Crippen molar-refractivity contribution >= 4 is 34.7 Å². The van der Waals surface area contributed by atoms with Crippen molar-refractivity contribution in [2.45, 2.75) is 44.1 Å². The van der Waals surface area contributed by atoms with E-state index in [0.29, 0.717) is 22.3 Å². The van der Waals surface area contributed by atoms with Crippen LogP contribution < -0.4 is 11.1 Å². The number of aromatic nitrogens is 2. The van der Waals surface area contributed by atoms with Gasteiger partial charge in [-0.1, -0.05) is 11.2 Å². The first-order valence-corrected chi connectivity index (χ1v) is 10.1. The third-order valence-corrected chi connectivity index (χ3v) is 6.43. The number of nitrogens with two attached hydrogens (primary N) is 1. The van der Waals surface area contributed by atoms with Gasteiger partial charge in [0.15, 0.2) is 5.82 Å². The van der Waals surface area contributed by atoms with E-state index in [1.165, 1.54) is 22.5 Å². The summed E-state index contributed by atoms with van der Waals surface area (Å²) in [7, 11) is 0. The maximum absolute atomic E-state index is 12.7. The fourth-order valence-corrected chi connectivity index (χ4v) is 4.55. The molecule has 8 heteroatoms. The van der Waals surface area contributed by atoms with E-state index in [4.69, 9.17) is 10.3 Å². The lowest BCUT2D eigenvalue weighted by Crippen LogP contribution is -2.44. The Morgan fingerprint density at radius 3 is 2.79 bits per heavy atom. The molecular weight excluding hydrogens is 396 g/mol. The highest BCUT2D eigenvalue weighted by Crippen LogP contribution is 2.39. The number of aryl methyl sites for hydroxylation is 2. The predicted molar refractivity (Wildman–Crippen MR) is 111 cm³/mol. The van der Waals surface area contributed by atoms with E-state index < -0.39 is 5.54 Å². The number of fused-ring (bicyclic) bond motifs is 1. The Labute approximate surface area is 172 Å². The summed E-state index contributed by atoms with van der Waals surface area (Å²) in [5, 5.41) is 9.66. The molecule has 146 valence electrons. The van der Waals surface area contributed by atoms with Crippen molar-refractivity contribution in [2.75, 3.05) is 5.32 Å². The molecule has 0 saturated heterocycles. The number of nitrogens with one attached hydrogen (secondary N) is 1. The second kappa shape index (κ2) is 7.31. The molecule has 2 aromatic heterocycles. The molecule has 5 rings (SSSR count). The minimum absolute atomic E-state index is 0. The average molecular weight is 417 g/mol. The molecule has 0 unspecified atom stereocenters. The molecule has 3 aromatic rings. The fourth-order valence-electron chi connectivity index (χ4n) is 3.78. The molecule has 0 atom stereocenters. The first-order valence-electron chi connectivity index (χ1n) is 9.26. The van der Waals surface area contributed by atoms with Crippen LogP contribution in [0.1, 0.15) is 53.0 Å². The standard InChI is InChI=1S/C20H20N4O2S.ClH/c21-20(8-2-9-20)19-23-17(26-24-19)15-7-10-27-18(15)22-16(25)14-6-5-12-3-1-4-13(12)11-14;/h5-7,10-11H,1-4,8-9,21H2,(H,22,25);1H. The molecule has 1 amide bonds. The number of carbonyl (C=O) groups is 1. The number of hydrogen-bond donors (Lipinski definition) is 2. The quantitative estimate of drug-likeness (QED) is 0.661. The maximum atomic E-state index is 12.7. The Bertz CT molecular complexity index is 1020. The van der Waals surface area contributed by atoms with Crippen LogP contribution in [0.4, 0.5) is 5.00 Å². The highest BCUT2D eigenvalue weighted by Gasteiger charge is 2.39. The first-order chi connectivity index (χ1) is 13.1. The summed E-state index contributed by atoms with van der Waals surface area (Å²) in [6.07, 6.45) is 6.15. The Hall–Kier alpha value is -2.22. The van der Waals surface area contributed by atoms with Crippen LogP contribution in [0.3, 0.4) is 0 Å². The zero-order valence-corrected chi connectivity index (χ0v) is 16.9. The number of anilines is 1. The second-order valence-corrected chi connectivity index (χ2v) is 8.30. The largest absolute Gasteiger partial charge is 0.334 e. The Kier molecular flexibility index (Phi) is 4.99. The SMILES string of the molecule is Cl.NC1(c2noc(-c3ccsc3NC(=O)c3ccc4c(c3)CCC4)n2)CCC1. The van der Waals surface area contributed by atoms with Gasteiger partial charge in [0.2, 0.25) is 0 Å². The van der Waals surface area contributed by atoms with Crippen LogP contribution in [0.25, 0.3) is 11.5 Å². The Balaban J connectivity index is 0.00000192. The Morgan fingerprint density at radius 1 is 1.18 bits per heavy atom. The summed E-state index contributed by atoms with van der Waals surface area (Å²) in [4.78, 5) is 17.2.